The van der Waals surface area contributed by atoms with Crippen molar-refractivity contribution in [3.05, 3.63) is 17.8 Å². The van der Waals surface area contributed by atoms with Crippen LogP contribution in [0.3, 0.4) is 0 Å². The van der Waals surface area contributed by atoms with Crippen LogP contribution in [0.1, 0.15) is 94.6 Å². The van der Waals surface area contributed by atoms with Crippen LogP contribution in [0.4, 0.5) is 4.79 Å². The van der Waals surface area contributed by atoms with Gasteiger partial charge in [0, 0.05) is 6.54 Å². The molecular weight excluding hydrogens is 456 g/mol. The molecular formula is C23H38N6O6. The van der Waals surface area contributed by atoms with Crippen LogP contribution < -0.4 is 22.1 Å². The van der Waals surface area contributed by atoms with Crippen molar-refractivity contribution in [1.82, 2.24) is 15.6 Å². The van der Waals surface area contributed by atoms with E-state index in [1.165, 1.54) is 6.42 Å². The lowest BCUT2D eigenvalue weighted by Crippen LogP contribution is -2.41. The largest absolute Gasteiger partial charge is 0.480 e. The van der Waals surface area contributed by atoms with E-state index in [9.17, 15) is 19.5 Å². The number of aliphatic imine (C=N–C) groups is 1. The Labute approximate surface area is 205 Å². The van der Waals surface area contributed by atoms with Crippen LogP contribution in [0.15, 0.2) is 15.7 Å². The van der Waals surface area contributed by atoms with Crippen LogP contribution >= 0.6 is 0 Å². The molecule has 1 saturated carbocycles. The molecule has 1 aromatic heterocycles. The number of carboxylic acids is 1. The number of hydrogen-bond donors (Lipinski definition) is 5. The zero-order valence-corrected chi connectivity index (χ0v) is 20.7. The number of alkyl carbamates (subject to hydrolysis) is 1. The molecule has 35 heavy (non-hydrogen) atoms. The van der Waals surface area contributed by atoms with Gasteiger partial charge in [-0.3, -0.25) is 9.79 Å². The Morgan fingerprint density at radius 1 is 1.23 bits per heavy atom. The number of aromatic nitrogens is 1. The van der Waals surface area contributed by atoms with Gasteiger partial charge in [0.1, 0.15) is 23.9 Å². The highest BCUT2D eigenvalue weighted by Crippen LogP contribution is 2.32. The van der Waals surface area contributed by atoms with Crippen molar-refractivity contribution in [1.29, 1.82) is 0 Å². The Morgan fingerprint density at radius 2 is 1.91 bits per heavy atom. The van der Waals surface area contributed by atoms with E-state index in [4.69, 9.17) is 20.6 Å². The van der Waals surface area contributed by atoms with Gasteiger partial charge in [0.15, 0.2) is 11.7 Å². The summed E-state index contributed by atoms with van der Waals surface area (Å²) in [7, 11) is 0. The number of nitrogens with zero attached hydrogens (tertiary/aromatic N) is 2. The van der Waals surface area contributed by atoms with E-state index in [0.717, 1.165) is 31.9 Å². The third kappa shape index (κ3) is 10.2. The molecule has 0 aliphatic heterocycles. The first-order valence-electron chi connectivity index (χ1n) is 12.0. The second-order valence-corrected chi connectivity index (χ2v) is 9.82. The smallest absolute Gasteiger partial charge is 0.408 e. The lowest BCUT2D eigenvalue weighted by molar-refractivity contribution is -0.139. The molecule has 7 N–H and O–H groups in total. The number of aliphatic carboxylic acids is 1. The van der Waals surface area contributed by atoms with Crippen LogP contribution in [-0.2, 0) is 9.53 Å². The van der Waals surface area contributed by atoms with Crippen molar-refractivity contribution in [2.75, 3.05) is 6.54 Å². The van der Waals surface area contributed by atoms with Gasteiger partial charge in [-0.1, -0.05) is 32.1 Å². The molecule has 1 aliphatic carbocycles. The van der Waals surface area contributed by atoms with Crippen molar-refractivity contribution < 1.29 is 28.6 Å². The number of carbonyl (C=O) groups excluding carboxylic acids is 2. The minimum atomic E-state index is -1.19. The summed E-state index contributed by atoms with van der Waals surface area (Å²) >= 11 is 0. The molecule has 1 heterocycles. The summed E-state index contributed by atoms with van der Waals surface area (Å²) in [6.07, 6.45) is 7.19. The van der Waals surface area contributed by atoms with Crippen molar-refractivity contribution in [3.63, 3.8) is 0 Å². The molecule has 2 atom stereocenters. The maximum absolute atomic E-state index is 12.7. The third-order valence-electron chi connectivity index (χ3n) is 5.59. The van der Waals surface area contributed by atoms with E-state index < -0.39 is 35.7 Å². The molecule has 1 unspecified atom stereocenters. The molecule has 0 bridgehead atoms. The highest BCUT2D eigenvalue weighted by Gasteiger charge is 2.29. The summed E-state index contributed by atoms with van der Waals surface area (Å²) in [6.45, 7) is 5.56. The Hall–Kier alpha value is -3.31. The number of oxazole rings is 1. The number of nitrogens with one attached hydrogen (secondary N) is 2. The highest BCUT2D eigenvalue weighted by atomic mass is 16.6. The van der Waals surface area contributed by atoms with Gasteiger partial charge < -0.3 is 36.4 Å². The van der Waals surface area contributed by atoms with Crippen molar-refractivity contribution in [2.45, 2.75) is 89.8 Å². The fraction of sp³-hybridized carbons (Fsp3) is 0.696. The first-order valence-corrected chi connectivity index (χ1v) is 12.0. The maximum atomic E-state index is 12.7. The van der Waals surface area contributed by atoms with E-state index in [-0.39, 0.29) is 30.5 Å². The molecule has 2 amide bonds. The Morgan fingerprint density at radius 3 is 2.51 bits per heavy atom. The van der Waals surface area contributed by atoms with E-state index in [0.29, 0.717) is 18.8 Å². The van der Waals surface area contributed by atoms with Gasteiger partial charge in [-0.15, -0.1) is 0 Å². The predicted octanol–water partition coefficient (Wildman–Crippen LogP) is 2.45. The van der Waals surface area contributed by atoms with E-state index >= 15 is 0 Å². The summed E-state index contributed by atoms with van der Waals surface area (Å²) in [4.78, 5) is 44.7. The Balaban J connectivity index is 2.08. The van der Waals surface area contributed by atoms with Gasteiger partial charge in [0.2, 0.25) is 5.89 Å². The van der Waals surface area contributed by atoms with Crippen LogP contribution in [0.5, 0.6) is 0 Å². The number of ether oxygens (including phenoxy) is 1. The maximum Gasteiger partial charge on any atom is 0.408 e. The SMILES string of the molecule is CC(C)(C)OC(=O)NC(CC1CCCCC1)c1nc(C(=O)N[C@@H](CCCN=C(N)N)C(=O)O)co1. The van der Waals surface area contributed by atoms with Gasteiger partial charge in [0.05, 0.1) is 0 Å². The summed E-state index contributed by atoms with van der Waals surface area (Å²) in [6, 6.07) is -1.72. The number of carboxylic acid groups (broad SMARTS) is 1. The predicted molar refractivity (Wildman–Crippen MR) is 129 cm³/mol. The monoisotopic (exact) mass is 494 g/mol. The summed E-state index contributed by atoms with van der Waals surface area (Å²) in [5.74, 6) is -1.41. The molecule has 0 saturated heterocycles. The molecule has 0 radical (unpaired) electrons. The average molecular weight is 495 g/mol. The van der Waals surface area contributed by atoms with Crippen molar-refractivity contribution in [3.8, 4) is 0 Å². The van der Waals surface area contributed by atoms with Gasteiger partial charge >= 0.3 is 12.1 Å². The number of guanidine groups is 1. The summed E-state index contributed by atoms with van der Waals surface area (Å²) in [5.41, 5.74) is 9.77. The van der Waals surface area contributed by atoms with E-state index in [1.807, 2.05) is 0 Å². The molecule has 2 rings (SSSR count). The molecule has 1 aromatic rings. The van der Waals surface area contributed by atoms with Crippen LogP contribution in [0, 0.1) is 5.92 Å². The van der Waals surface area contributed by atoms with E-state index in [2.05, 4.69) is 20.6 Å². The molecule has 0 spiro atoms. The number of rotatable bonds is 11. The topological polar surface area (TPSA) is 195 Å². The second-order valence-electron chi connectivity index (χ2n) is 9.82. The quantitative estimate of drug-likeness (QED) is 0.174. The normalized spacial score (nSPS) is 16.1. The van der Waals surface area contributed by atoms with Crippen molar-refractivity contribution in [2.24, 2.45) is 22.4 Å². The number of nitrogens with two attached hydrogens (primary N) is 2. The Bertz CT molecular complexity index is 883. The first-order chi connectivity index (χ1) is 16.4. The van der Waals surface area contributed by atoms with Gasteiger partial charge in [-0.2, -0.15) is 0 Å². The zero-order chi connectivity index (χ0) is 26.0. The van der Waals surface area contributed by atoms with Crippen LogP contribution in [0.25, 0.3) is 0 Å². The lowest BCUT2D eigenvalue weighted by Gasteiger charge is -2.27. The zero-order valence-electron chi connectivity index (χ0n) is 20.7. The fourth-order valence-electron chi connectivity index (χ4n) is 3.97. The second kappa shape index (κ2) is 13.0. The molecule has 1 fully saturated rings. The number of carbonyl (C=O) groups is 3. The molecule has 1 aliphatic rings. The molecule has 0 aromatic carbocycles. The third-order valence-corrected chi connectivity index (χ3v) is 5.59. The minimum Gasteiger partial charge on any atom is -0.480 e. The first kappa shape index (κ1) is 27.9. The lowest BCUT2D eigenvalue weighted by atomic mass is 9.85. The standard InChI is InChI=1S/C23H38N6O6/c1-23(2,3)35-22(33)29-16(12-14-8-5-4-6-9-14)19-28-17(13-34-19)18(30)27-15(20(31)32)10-7-11-26-21(24)25/h13-16H,4-12H2,1-3H3,(H,27,30)(H,29,33)(H,31,32)(H4,24,25,26)/t15-,16?/m0/s1. The van der Waals surface area contributed by atoms with Gasteiger partial charge in [-0.25, -0.2) is 14.6 Å². The number of hydrogen-bond acceptors (Lipinski definition) is 7. The van der Waals surface area contributed by atoms with E-state index in [1.54, 1.807) is 20.8 Å². The molecule has 196 valence electrons. The average Bonchev–Trinajstić information content (AvgIpc) is 3.25. The van der Waals surface area contributed by atoms with Gasteiger partial charge in [0.25, 0.3) is 5.91 Å². The molecule has 12 nitrogen and oxygen atoms in total. The van der Waals surface area contributed by atoms with Crippen LogP contribution in [-0.4, -0.2) is 52.2 Å². The number of amides is 2. The summed E-state index contributed by atoms with van der Waals surface area (Å²) < 4.78 is 10.9. The Kier molecular flexibility index (Phi) is 10.3. The fourth-order valence-corrected chi connectivity index (χ4v) is 3.97. The molecule has 12 heteroatoms. The van der Waals surface area contributed by atoms with Crippen LogP contribution in [0.2, 0.25) is 0 Å². The van der Waals surface area contributed by atoms with Gasteiger partial charge in [-0.05, 0) is 46.0 Å². The van der Waals surface area contributed by atoms with Crippen molar-refractivity contribution >= 4 is 23.9 Å². The summed E-state index contributed by atoms with van der Waals surface area (Å²) in [5, 5.41) is 14.7. The minimum absolute atomic E-state index is 0.0740. The highest BCUT2D eigenvalue weighted by molar-refractivity contribution is 5.94.